The third kappa shape index (κ3) is 5.47. The molecule has 0 unspecified atom stereocenters. The quantitative estimate of drug-likeness (QED) is 0.423. The topological polar surface area (TPSA) is 132 Å². The van der Waals surface area contributed by atoms with E-state index in [9.17, 15) is 9.59 Å². The van der Waals surface area contributed by atoms with Gasteiger partial charge < -0.3 is 21.1 Å². The number of nitrogens with two attached hydrogens (primary N) is 1. The van der Waals surface area contributed by atoms with E-state index in [1.165, 1.54) is 11.3 Å². The average molecular weight is 503 g/mol. The highest BCUT2D eigenvalue weighted by molar-refractivity contribution is 7.19. The minimum Gasteiger partial charge on any atom is -0.474 e. The Balaban J connectivity index is 1.35. The number of nitrogens with one attached hydrogen (secondary N) is 2. The summed E-state index contributed by atoms with van der Waals surface area (Å²) in [5.74, 6) is 0.0241. The van der Waals surface area contributed by atoms with Gasteiger partial charge in [-0.25, -0.2) is 4.98 Å². The fourth-order valence-electron chi connectivity index (χ4n) is 3.91. The summed E-state index contributed by atoms with van der Waals surface area (Å²) in [5.41, 5.74) is 7.85. The van der Waals surface area contributed by atoms with Crippen LogP contribution in [0, 0.1) is 19.8 Å². The van der Waals surface area contributed by atoms with Crippen LogP contribution in [0.1, 0.15) is 70.1 Å². The van der Waals surface area contributed by atoms with Crippen molar-refractivity contribution in [2.45, 2.75) is 65.5 Å². The van der Waals surface area contributed by atoms with Gasteiger partial charge in [0.2, 0.25) is 16.0 Å². The zero-order chi connectivity index (χ0) is 24.4. The summed E-state index contributed by atoms with van der Waals surface area (Å²) < 4.78 is 7.09. The Kier molecular flexibility index (Phi) is 7.32. The maximum absolute atomic E-state index is 12.6. The Morgan fingerprint density at radius 3 is 2.59 bits per heavy atom. The number of thiophene rings is 1. The minimum absolute atomic E-state index is 0.0381. The van der Waals surface area contributed by atoms with E-state index in [0.29, 0.717) is 27.5 Å². The molecule has 9 nitrogen and oxygen atoms in total. The van der Waals surface area contributed by atoms with Crippen molar-refractivity contribution >= 4 is 49.8 Å². The largest absolute Gasteiger partial charge is 0.474 e. The predicted molar refractivity (Wildman–Crippen MR) is 135 cm³/mol. The summed E-state index contributed by atoms with van der Waals surface area (Å²) in [7, 11) is 0. The van der Waals surface area contributed by atoms with Gasteiger partial charge in [0.05, 0.1) is 10.2 Å². The number of fused-ring (bicyclic) bond motifs is 1. The fourth-order valence-corrected chi connectivity index (χ4v) is 5.61. The highest BCUT2D eigenvalue weighted by atomic mass is 32.1. The first-order valence-corrected chi connectivity index (χ1v) is 13.1. The molecule has 1 fully saturated rings. The number of carbonyl (C=O) groups excluding carboxylic acids is 2. The number of nitrogens with zero attached hydrogens (tertiary/aromatic N) is 3. The Morgan fingerprint density at radius 2 is 1.91 bits per heavy atom. The average Bonchev–Trinajstić information content (AvgIpc) is 3.38. The molecule has 3 aromatic heterocycles. The second kappa shape index (κ2) is 10.2. The molecule has 3 heterocycles. The van der Waals surface area contributed by atoms with Crippen molar-refractivity contribution in [1.82, 2.24) is 20.5 Å². The van der Waals surface area contributed by atoms with E-state index in [2.05, 4.69) is 39.7 Å². The van der Waals surface area contributed by atoms with Crippen molar-refractivity contribution in [3.63, 3.8) is 0 Å². The first-order valence-electron chi connectivity index (χ1n) is 11.5. The van der Waals surface area contributed by atoms with Crippen LogP contribution in [0.2, 0.25) is 0 Å². The molecule has 0 spiro atoms. The molecule has 1 aliphatic rings. The predicted octanol–water partition coefficient (Wildman–Crippen LogP) is 4.05. The van der Waals surface area contributed by atoms with E-state index in [1.807, 2.05) is 13.8 Å². The SMILES string of the molecule is Cc1sc2cc(C(N)=O)c(O[C@H]3CC[C@H](NC(=O)c4nnc(NCC(C)C)s4)CC3)nc2c1C. The molecule has 1 aliphatic carbocycles. The van der Waals surface area contributed by atoms with Gasteiger partial charge in [0.15, 0.2) is 0 Å². The molecule has 0 saturated heterocycles. The van der Waals surface area contributed by atoms with E-state index in [1.54, 1.807) is 17.4 Å². The molecular weight excluding hydrogens is 472 g/mol. The molecule has 0 aliphatic heterocycles. The van der Waals surface area contributed by atoms with Crippen LogP contribution in [0.15, 0.2) is 6.07 Å². The Bertz CT molecular complexity index is 1200. The van der Waals surface area contributed by atoms with E-state index < -0.39 is 5.91 Å². The zero-order valence-corrected chi connectivity index (χ0v) is 21.4. The summed E-state index contributed by atoms with van der Waals surface area (Å²) in [6, 6.07) is 1.82. The molecule has 11 heteroatoms. The lowest BCUT2D eigenvalue weighted by molar-refractivity contribution is 0.0880. The molecule has 4 N–H and O–H groups in total. The normalized spacial score (nSPS) is 18.3. The maximum atomic E-state index is 12.6. The van der Waals surface area contributed by atoms with Gasteiger partial charge >= 0.3 is 0 Å². The van der Waals surface area contributed by atoms with Crippen LogP contribution in [0.5, 0.6) is 5.88 Å². The molecule has 0 bridgehead atoms. The van der Waals surface area contributed by atoms with Gasteiger partial charge in [0.25, 0.3) is 11.8 Å². The Labute approximate surface area is 206 Å². The number of pyridine rings is 1. The number of aryl methyl sites for hydroxylation is 2. The number of aromatic nitrogens is 3. The van der Waals surface area contributed by atoms with Crippen LogP contribution in [0.3, 0.4) is 0 Å². The summed E-state index contributed by atoms with van der Waals surface area (Å²) in [4.78, 5) is 30.4. The molecule has 0 aromatic carbocycles. The number of hydrogen-bond donors (Lipinski definition) is 3. The van der Waals surface area contributed by atoms with Crippen LogP contribution in [0.4, 0.5) is 5.13 Å². The number of anilines is 1. The molecule has 2 amide bonds. The smallest absolute Gasteiger partial charge is 0.282 e. The third-order valence-corrected chi connectivity index (χ3v) is 7.96. The molecule has 0 atom stereocenters. The van der Waals surface area contributed by atoms with Gasteiger partial charge in [-0.1, -0.05) is 25.2 Å². The monoisotopic (exact) mass is 502 g/mol. The van der Waals surface area contributed by atoms with Crippen LogP contribution in [0.25, 0.3) is 10.2 Å². The van der Waals surface area contributed by atoms with Gasteiger partial charge in [-0.2, -0.15) is 0 Å². The van der Waals surface area contributed by atoms with E-state index in [-0.39, 0.29) is 18.1 Å². The molecular formula is C23H30N6O3S2. The van der Waals surface area contributed by atoms with Gasteiger partial charge in [-0.3, -0.25) is 9.59 Å². The lowest BCUT2D eigenvalue weighted by Crippen LogP contribution is -2.39. The van der Waals surface area contributed by atoms with Crippen LogP contribution >= 0.6 is 22.7 Å². The number of primary amides is 1. The molecule has 0 radical (unpaired) electrons. The summed E-state index contributed by atoms with van der Waals surface area (Å²) in [5, 5.41) is 15.3. The summed E-state index contributed by atoms with van der Waals surface area (Å²) in [6.07, 6.45) is 2.91. The van der Waals surface area contributed by atoms with Crippen LogP contribution < -0.4 is 21.1 Å². The fraction of sp³-hybridized carbons (Fsp3) is 0.522. The third-order valence-electron chi connectivity index (χ3n) is 5.93. The van der Waals surface area contributed by atoms with Gasteiger partial charge in [0, 0.05) is 17.5 Å². The van der Waals surface area contributed by atoms with Gasteiger partial charge in [-0.15, -0.1) is 21.5 Å². The minimum atomic E-state index is -0.548. The van der Waals surface area contributed by atoms with E-state index in [4.69, 9.17) is 10.5 Å². The number of amides is 2. The van der Waals surface area contributed by atoms with Gasteiger partial charge in [0.1, 0.15) is 11.7 Å². The number of hydrogen-bond acceptors (Lipinski definition) is 9. The number of carbonyl (C=O) groups is 2. The van der Waals surface area contributed by atoms with Gasteiger partial charge in [-0.05, 0) is 57.1 Å². The zero-order valence-electron chi connectivity index (χ0n) is 19.8. The van der Waals surface area contributed by atoms with E-state index >= 15 is 0 Å². The van der Waals surface area contributed by atoms with Crippen LogP contribution in [-0.2, 0) is 0 Å². The van der Waals surface area contributed by atoms with Crippen molar-refractivity contribution in [1.29, 1.82) is 0 Å². The lowest BCUT2D eigenvalue weighted by Gasteiger charge is -2.29. The summed E-state index contributed by atoms with van der Waals surface area (Å²) in [6.45, 7) is 9.05. The molecule has 1 saturated carbocycles. The van der Waals surface area contributed by atoms with Crippen molar-refractivity contribution < 1.29 is 14.3 Å². The first-order chi connectivity index (χ1) is 16.2. The van der Waals surface area contributed by atoms with Crippen LogP contribution in [-0.4, -0.2) is 45.7 Å². The second-order valence-corrected chi connectivity index (χ2v) is 11.3. The van der Waals surface area contributed by atoms with Crippen molar-refractivity contribution in [2.24, 2.45) is 11.7 Å². The molecule has 34 heavy (non-hydrogen) atoms. The molecule has 4 rings (SSSR count). The van der Waals surface area contributed by atoms with Crippen molar-refractivity contribution in [2.75, 3.05) is 11.9 Å². The standard InChI is InChI=1S/C23H30N6O3S2/c1-11(2)10-25-23-29-28-22(34-23)20(31)26-14-5-7-15(8-6-14)32-21-16(19(24)30)9-17-18(27-21)12(3)13(4)33-17/h9,11,14-15H,5-8,10H2,1-4H3,(H2,24,30)(H,25,29)(H,26,31)/t14-,15-. The van der Waals surface area contributed by atoms with Crippen molar-refractivity contribution in [3.8, 4) is 5.88 Å². The lowest BCUT2D eigenvalue weighted by atomic mass is 9.93. The molecule has 3 aromatic rings. The Hall–Kier alpha value is -2.79. The van der Waals surface area contributed by atoms with Crippen molar-refractivity contribution in [3.05, 3.63) is 27.1 Å². The second-order valence-electron chi connectivity index (χ2n) is 9.09. The Morgan fingerprint density at radius 1 is 1.18 bits per heavy atom. The number of ether oxygens (including phenoxy) is 1. The highest BCUT2D eigenvalue weighted by Crippen LogP contribution is 2.34. The number of rotatable bonds is 8. The maximum Gasteiger partial charge on any atom is 0.282 e. The first kappa shape index (κ1) is 24.3. The highest BCUT2D eigenvalue weighted by Gasteiger charge is 2.27. The van der Waals surface area contributed by atoms with E-state index in [0.717, 1.165) is 52.9 Å². The summed E-state index contributed by atoms with van der Waals surface area (Å²) >= 11 is 2.86. The molecule has 182 valence electrons.